The van der Waals surface area contributed by atoms with Gasteiger partial charge in [0.15, 0.2) is 0 Å². The molecule has 1 aromatic rings. The summed E-state index contributed by atoms with van der Waals surface area (Å²) in [6.45, 7) is 0. The smallest absolute Gasteiger partial charge is 0.339 e. The van der Waals surface area contributed by atoms with Gasteiger partial charge in [-0.25, -0.2) is 9.18 Å². The molecule has 76 valence electrons. The lowest BCUT2D eigenvalue weighted by atomic mass is 10.1. The van der Waals surface area contributed by atoms with Gasteiger partial charge in [0.25, 0.3) is 0 Å². The number of benzene rings is 1. The average Bonchev–Trinajstić information content (AvgIpc) is 2.18. The molecule has 0 N–H and O–H groups in total. The van der Waals surface area contributed by atoms with Crippen LogP contribution < -0.4 is 0 Å². The van der Waals surface area contributed by atoms with Gasteiger partial charge in [-0.3, -0.25) is 0 Å². The summed E-state index contributed by atoms with van der Waals surface area (Å²) in [5.41, 5.74) is 0.430. The van der Waals surface area contributed by atoms with E-state index in [9.17, 15) is 9.18 Å². The lowest BCUT2D eigenvalue weighted by Crippen LogP contribution is -2.04. The summed E-state index contributed by atoms with van der Waals surface area (Å²) in [5.74, 6) is -1.02. The van der Waals surface area contributed by atoms with Crippen molar-refractivity contribution in [2.45, 2.75) is 5.33 Å². The number of ether oxygens (including phenoxy) is 1. The van der Waals surface area contributed by atoms with Crippen molar-refractivity contribution in [3.8, 4) is 0 Å². The molecule has 5 heteroatoms. The van der Waals surface area contributed by atoms with Crippen LogP contribution >= 0.6 is 27.5 Å². The number of hydrogen-bond donors (Lipinski definition) is 0. The summed E-state index contributed by atoms with van der Waals surface area (Å²) in [7, 11) is 1.25. The van der Waals surface area contributed by atoms with E-state index in [-0.39, 0.29) is 21.5 Å². The molecule has 0 radical (unpaired) electrons. The van der Waals surface area contributed by atoms with Crippen molar-refractivity contribution in [2.24, 2.45) is 0 Å². The number of carbonyl (C=O) groups excluding carboxylic acids is 1. The molecule has 0 atom stereocenters. The zero-order valence-electron chi connectivity index (χ0n) is 7.31. The van der Waals surface area contributed by atoms with E-state index in [1.807, 2.05) is 0 Å². The van der Waals surface area contributed by atoms with Crippen molar-refractivity contribution in [1.29, 1.82) is 0 Å². The van der Waals surface area contributed by atoms with Crippen LogP contribution in [0.15, 0.2) is 12.1 Å². The van der Waals surface area contributed by atoms with Crippen molar-refractivity contribution in [1.82, 2.24) is 0 Å². The van der Waals surface area contributed by atoms with Gasteiger partial charge in [0.1, 0.15) is 5.82 Å². The third-order valence-electron chi connectivity index (χ3n) is 1.72. The summed E-state index contributed by atoms with van der Waals surface area (Å²) >= 11 is 8.90. The maximum Gasteiger partial charge on any atom is 0.339 e. The van der Waals surface area contributed by atoms with Crippen molar-refractivity contribution >= 4 is 33.5 Å². The molecular formula is C9H7BrClFO2. The van der Waals surface area contributed by atoms with Gasteiger partial charge >= 0.3 is 5.97 Å². The highest BCUT2D eigenvalue weighted by molar-refractivity contribution is 9.08. The maximum absolute atomic E-state index is 13.1. The Hall–Kier alpha value is -0.610. The Morgan fingerprint density at radius 2 is 2.29 bits per heavy atom. The molecule has 0 saturated carbocycles. The molecule has 0 aromatic heterocycles. The van der Waals surface area contributed by atoms with E-state index in [0.717, 1.165) is 0 Å². The molecule has 1 aromatic carbocycles. The van der Waals surface area contributed by atoms with E-state index in [2.05, 4.69) is 20.7 Å². The number of carbonyl (C=O) groups is 1. The van der Waals surface area contributed by atoms with Crippen LogP contribution in [-0.4, -0.2) is 13.1 Å². The molecule has 0 heterocycles. The zero-order valence-corrected chi connectivity index (χ0v) is 9.65. The third-order valence-corrected chi connectivity index (χ3v) is 2.72. The van der Waals surface area contributed by atoms with Gasteiger partial charge in [0.2, 0.25) is 0 Å². The first kappa shape index (κ1) is 11.5. The van der Waals surface area contributed by atoms with E-state index >= 15 is 0 Å². The van der Waals surface area contributed by atoms with E-state index in [1.165, 1.54) is 19.2 Å². The van der Waals surface area contributed by atoms with Gasteiger partial charge in [-0.15, -0.1) is 0 Å². The van der Waals surface area contributed by atoms with E-state index in [0.29, 0.717) is 0 Å². The molecule has 2 nitrogen and oxygen atoms in total. The standard InChI is InChI=1S/C9H7BrClFO2/c1-14-9(13)5-2-3-7(12)6(4-10)8(5)11/h2-3H,4H2,1H3. The first-order chi connectivity index (χ1) is 6.61. The molecule has 0 bridgehead atoms. The fraction of sp³-hybridized carbons (Fsp3) is 0.222. The van der Waals surface area contributed by atoms with Crippen LogP contribution in [0, 0.1) is 5.82 Å². The largest absolute Gasteiger partial charge is 0.465 e. The Morgan fingerprint density at radius 3 is 2.79 bits per heavy atom. The molecule has 0 saturated heterocycles. The third kappa shape index (κ3) is 2.07. The van der Waals surface area contributed by atoms with Crippen LogP contribution in [0.25, 0.3) is 0 Å². The lowest BCUT2D eigenvalue weighted by molar-refractivity contribution is 0.0601. The SMILES string of the molecule is COC(=O)c1ccc(F)c(CBr)c1Cl. The van der Waals surface area contributed by atoms with Crippen molar-refractivity contribution in [2.75, 3.05) is 7.11 Å². The van der Waals surface area contributed by atoms with E-state index in [1.54, 1.807) is 0 Å². The van der Waals surface area contributed by atoms with Gasteiger partial charge in [-0.1, -0.05) is 27.5 Å². The van der Waals surface area contributed by atoms with E-state index in [4.69, 9.17) is 11.6 Å². The second-order valence-electron chi connectivity index (χ2n) is 2.51. The average molecular weight is 282 g/mol. The summed E-state index contributed by atoms with van der Waals surface area (Å²) < 4.78 is 17.6. The second-order valence-corrected chi connectivity index (χ2v) is 3.45. The first-order valence-corrected chi connectivity index (χ1v) is 5.23. The second kappa shape index (κ2) is 4.75. The number of methoxy groups -OCH3 is 1. The molecule has 0 fully saturated rings. The minimum absolute atomic E-state index is 0.0914. The van der Waals surface area contributed by atoms with Gasteiger partial charge in [-0.2, -0.15) is 0 Å². The maximum atomic E-state index is 13.1. The molecule has 0 unspecified atom stereocenters. The number of alkyl halides is 1. The van der Waals surface area contributed by atoms with Crippen molar-refractivity contribution in [3.05, 3.63) is 34.1 Å². The number of rotatable bonds is 2. The minimum Gasteiger partial charge on any atom is -0.465 e. The predicted octanol–water partition coefficient (Wildman–Crippen LogP) is 3.16. The Kier molecular flexibility index (Phi) is 3.89. The number of hydrogen-bond acceptors (Lipinski definition) is 2. The van der Waals surface area contributed by atoms with Crippen LogP contribution in [0.4, 0.5) is 4.39 Å². The highest BCUT2D eigenvalue weighted by Gasteiger charge is 2.16. The Bertz CT molecular complexity index is 368. The van der Waals surface area contributed by atoms with E-state index < -0.39 is 11.8 Å². The quantitative estimate of drug-likeness (QED) is 0.615. The minimum atomic E-state index is -0.572. The molecule has 0 amide bonds. The van der Waals surface area contributed by atoms with Crippen LogP contribution in [0.2, 0.25) is 5.02 Å². The summed E-state index contributed by atoms with van der Waals surface area (Å²) in [5, 5.41) is 0.344. The first-order valence-electron chi connectivity index (χ1n) is 3.73. The fourth-order valence-electron chi connectivity index (χ4n) is 0.988. The van der Waals surface area contributed by atoms with Crippen molar-refractivity contribution < 1.29 is 13.9 Å². The zero-order chi connectivity index (χ0) is 10.7. The topological polar surface area (TPSA) is 26.3 Å². The highest BCUT2D eigenvalue weighted by Crippen LogP contribution is 2.26. The molecule has 14 heavy (non-hydrogen) atoms. The number of esters is 1. The lowest BCUT2D eigenvalue weighted by Gasteiger charge is -2.06. The van der Waals surface area contributed by atoms with Crippen molar-refractivity contribution in [3.63, 3.8) is 0 Å². The molecule has 0 aliphatic carbocycles. The Balaban J connectivity index is 3.28. The monoisotopic (exact) mass is 280 g/mol. The van der Waals surface area contributed by atoms with Gasteiger partial charge in [0.05, 0.1) is 17.7 Å². The normalized spacial score (nSPS) is 10.0. The molecule has 0 aliphatic heterocycles. The summed E-state index contributed by atoms with van der Waals surface area (Å²) in [6.07, 6.45) is 0. The van der Waals surface area contributed by atoms with Gasteiger partial charge < -0.3 is 4.74 Å². The fourth-order valence-corrected chi connectivity index (χ4v) is 1.99. The highest BCUT2D eigenvalue weighted by atomic mass is 79.9. The molecule has 0 aliphatic rings. The van der Waals surface area contributed by atoms with Crippen LogP contribution in [-0.2, 0) is 10.1 Å². The van der Waals surface area contributed by atoms with Gasteiger partial charge in [0, 0.05) is 10.9 Å². The van der Waals surface area contributed by atoms with Crippen LogP contribution in [0.3, 0.4) is 0 Å². The Labute approximate surface area is 94.1 Å². The van der Waals surface area contributed by atoms with Crippen LogP contribution in [0.5, 0.6) is 0 Å². The molecule has 0 spiro atoms. The molecular weight excluding hydrogens is 274 g/mol. The summed E-state index contributed by atoms with van der Waals surface area (Å²) in [6, 6.07) is 2.49. The number of halogens is 3. The van der Waals surface area contributed by atoms with Gasteiger partial charge in [-0.05, 0) is 12.1 Å². The van der Waals surface area contributed by atoms with Crippen LogP contribution in [0.1, 0.15) is 15.9 Å². The Morgan fingerprint density at radius 1 is 1.64 bits per heavy atom. The molecule has 1 rings (SSSR count). The summed E-state index contributed by atoms with van der Waals surface area (Å²) in [4.78, 5) is 11.2. The predicted molar refractivity (Wildman–Crippen MR) is 55.4 cm³/mol.